The second-order valence-corrected chi connectivity index (χ2v) is 6.74. The van der Waals surface area contributed by atoms with Crippen LogP contribution in [0.2, 0.25) is 0 Å². The molecule has 1 fully saturated rings. The van der Waals surface area contributed by atoms with Crippen molar-refractivity contribution in [2.75, 3.05) is 0 Å². The lowest BCUT2D eigenvalue weighted by atomic mass is 9.73. The van der Waals surface area contributed by atoms with Crippen LogP contribution in [0.5, 0.6) is 0 Å². The summed E-state index contributed by atoms with van der Waals surface area (Å²) in [4.78, 5) is 3.61. The predicted molar refractivity (Wildman–Crippen MR) is 75.2 cm³/mol. The second-order valence-electron chi connectivity index (χ2n) is 6.74. The summed E-state index contributed by atoms with van der Waals surface area (Å²) in [6.45, 7) is 10.9. The average Bonchev–Trinajstić information content (AvgIpc) is 2.46. The summed E-state index contributed by atoms with van der Waals surface area (Å²) in [6.07, 6.45) is 1.33. The molecule has 1 aliphatic rings. The van der Waals surface area contributed by atoms with Gasteiger partial charge in [0.15, 0.2) is 0 Å². The van der Waals surface area contributed by atoms with Crippen LogP contribution in [0.1, 0.15) is 47.1 Å². The van der Waals surface area contributed by atoms with Gasteiger partial charge in [-0.05, 0) is 53.1 Å². The summed E-state index contributed by atoms with van der Waals surface area (Å²) < 4.78 is 25.3. The molecule has 110 valence electrons. The Morgan fingerprint density at radius 1 is 1.20 bits per heavy atom. The van der Waals surface area contributed by atoms with E-state index in [9.17, 15) is 9.50 Å². The normalized spacial score (nSPS) is 21.3. The van der Waals surface area contributed by atoms with Crippen LogP contribution < -0.4 is 5.46 Å². The molecule has 0 aliphatic carbocycles. The molecule has 20 heavy (non-hydrogen) atoms. The maximum atomic E-state index is 13.5. The first kappa shape index (κ1) is 15.4. The van der Waals surface area contributed by atoms with Gasteiger partial charge in [0.05, 0.1) is 16.8 Å². The summed E-state index contributed by atoms with van der Waals surface area (Å²) in [5.74, 6) is -0.622. The van der Waals surface area contributed by atoms with Crippen molar-refractivity contribution in [1.82, 2.24) is 4.98 Å². The van der Waals surface area contributed by atoms with Crippen LogP contribution in [0.3, 0.4) is 0 Å². The minimum absolute atomic E-state index is 0.476. The number of rotatable bonds is 2. The third-order valence-corrected chi connectivity index (χ3v) is 4.07. The summed E-state index contributed by atoms with van der Waals surface area (Å²) in [6, 6.07) is 1.26. The van der Waals surface area contributed by atoms with Crippen LogP contribution in [0.15, 0.2) is 12.3 Å². The molecule has 0 aromatic carbocycles. The van der Waals surface area contributed by atoms with E-state index < -0.39 is 29.9 Å². The summed E-state index contributed by atoms with van der Waals surface area (Å²) in [5, 5.41) is 10.2. The number of hydrogen-bond donors (Lipinski definition) is 1. The number of pyridine rings is 1. The summed E-state index contributed by atoms with van der Waals surface area (Å²) >= 11 is 0. The van der Waals surface area contributed by atoms with E-state index in [0.717, 1.165) is 0 Å². The van der Waals surface area contributed by atoms with Gasteiger partial charge in [0.1, 0.15) is 0 Å². The summed E-state index contributed by atoms with van der Waals surface area (Å²) in [5.41, 5.74) is -1.22. The van der Waals surface area contributed by atoms with E-state index in [1.54, 1.807) is 13.8 Å². The molecular weight excluding hydrogens is 260 g/mol. The van der Waals surface area contributed by atoms with Gasteiger partial charge in [-0.3, -0.25) is 0 Å². The highest BCUT2D eigenvalue weighted by Gasteiger charge is 2.52. The van der Waals surface area contributed by atoms with Crippen molar-refractivity contribution >= 4 is 12.6 Å². The van der Waals surface area contributed by atoms with Crippen molar-refractivity contribution in [3.05, 3.63) is 23.8 Å². The molecule has 1 N–H and O–H groups in total. The molecule has 0 saturated carbocycles. The highest BCUT2D eigenvalue weighted by molar-refractivity contribution is 6.62. The molecule has 2 rings (SSSR count). The largest absolute Gasteiger partial charge is 0.495 e. The Bertz CT molecular complexity index is 510. The quantitative estimate of drug-likeness (QED) is 0.663. The molecule has 1 aliphatic heterocycles. The predicted octanol–water partition coefficient (Wildman–Crippen LogP) is 1.75. The Morgan fingerprint density at radius 2 is 1.70 bits per heavy atom. The minimum atomic E-state index is -1.15. The van der Waals surface area contributed by atoms with Gasteiger partial charge in [-0.2, -0.15) is 4.39 Å². The SMILES string of the molecule is CC(C)(O)c1cnc(F)cc1B1OC(C)(C)C(C)(C)O1. The van der Waals surface area contributed by atoms with Crippen molar-refractivity contribution in [1.29, 1.82) is 0 Å². The van der Waals surface area contributed by atoms with Gasteiger partial charge in [0, 0.05) is 11.8 Å². The molecule has 4 nitrogen and oxygen atoms in total. The third kappa shape index (κ3) is 2.60. The van der Waals surface area contributed by atoms with E-state index in [2.05, 4.69) is 4.98 Å². The molecule has 0 unspecified atom stereocenters. The van der Waals surface area contributed by atoms with Gasteiger partial charge in [0.25, 0.3) is 0 Å². The Labute approximate surface area is 119 Å². The molecule has 0 radical (unpaired) electrons. The first-order valence-corrected chi connectivity index (χ1v) is 6.68. The van der Waals surface area contributed by atoms with Crippen LogP contribution in [-0.2, 0) is 14.9 Å². The first-order valence-electron chi connectivity index (χ1n) is 6.68. The maximum Gasteiger partial charge on any atom is 0.495 e. The lowest BCUT2D eigenvalue weighted by Crippen LogP contribution is -2.41. The number of nitrogens with zero attached hydrogens (tertiary/aromatic N) is 1. The summed E-state index contributed by atoms with van der Waals surface area (Å²) in [7, 11) is -0.723. The van der Waals surface area contributed by atoms with Gasteiger partial charge in [-0.1, -0.05) is 0 Å². The molecular formula is C14H21BFNO3. The van der Waals surface area contributed by atoms with Gasteiger partial charge in [0.2, 0.25) is 5.95 Å². The fraction of sp³-hybridized carbons (Fsp3) is 0.643. The van der Waals surface area contributed by atoms with E-state index in [1.165, 1.54) is 12.3 Å². The van der Waals surface area contributed by atoms with Crippen molar-refractivity contribution in [3.63, 3.8) is 0 Å². The van der Waals surface area contributed by atoms with Crippen molar-refractivity contribution in [3.8, 4) is 0 Å². The van der Waals surface area contributed by atoms with E-state index in [-0.39, 0.29) is 0 Å². The standard InChI is InChI=1S/C14H21BFNO3/c1-12(2,18)9-8-17-11(16)7-10(9)15-19-13(3,4)14(5,6)20-15/h7-8,18H,1-6H3. The second kappa shape index (κ2) is 4.51. The average molecular weight is 281 g/mol. The Hall–Kier alpha value is -0.975. The number of aliphatic hydroxyl groups is 1. The number of aromatic nitrogens is 1. The first-order chi connectivity index (χ1) is 8.94. The Morgan fingerprint density at radius 3 is 2.15 bits per heavy atom. The number of halogens is 1. The fourth-order valence-corrected chi connectivity index (χ4v) is 2.12. The van der Waals surface area contributed by atoms with Crippen LogP contribution in [-0.4, -0.2) is 28.4 Å². The molecule has 1 saturated heterocycles. The molecule has 1 aromatic heterocycles. The van der Waals surface area contributed by atoms with Gasteiger partial charge in [-0.15, -0.1) is 0 Å². The van der Waals surface area contributed by atoms with Crippen LogP contribution in [0.4, 0.5) is 4.39 Å². The van der Waals surface area contributed by atoms with Gasteiger partial charge < -0.3 is 14.4 Å². The van der Waals surface area contributed by atoms with E-state index in [1.807, 2.05) is 27.7 Å². The molecule has 0 amide bonds. The fourth-order valence-electron chi connectivity index (χ4n) is 2.12. The molecule has 1 aromatic rings. The minimum Gasteiger partial charge on any atom is -0.399 e. The zero-order chi connectivity index (χ0) is 15.3. The molecule has 0 bridgehead atoms. The van der Waals surface area contributed by atoms with Crippen molar-refractivity contribution in [2.24, 2.45) is 0 Å². The highest BCUT2D eigenvalue weighted by atomic mass is 19.1. The zero-order valence-electron chi connectivity index (χ0n) is 12.8. The van der Waals surface area contributed by atoms with Crippen molar-refractivity contribution < 1.29 is 18.8 Å². The van der Waals surface area contributed by atoms with E-state index >= 15 is 0 Å². The third-order valence-electron chi connectivity index (χ3n) is 4.07. The van der Waals surface area contributed by atoms with Crippen LogP contribution >= 0.6 is 0 Å². The van der Waals surface area contributed by atoms with Gasteiger partial charge in [-0.25, -0.2) is 4.98 Å². The monoisotopic (exact) mass is 281 g/mol. The molecule has 0 atom stereocenters. The van der Waals surface area contributed by atoms with E-state index in [4.69, 9.17) is 9.31 Å². The number of hydrogen-bond acceptors (Lipinski definition) is 4. The molecule has 0 spiro atoms. The van der Waals surface area contributed by atoms with Gasteiger partial charge >= 0.3 is 7.12 Å². The molecule has 6 heteroatoms. The van der Waals surface area contributed by atoms with E-state index in [0.29, 0.717) is 11.0 Å². The topological polar surface area (TPSA) is 51.6 Å². The maximum absolute atomic E-state index is 13.5. The van der Waals surface area contributed by atoms with Crippen LogP contribution in [0, 0.1) is 5.95 Å². The highest BCUT2D eigenvalue weighted by Crippen LogP contribution is 2.37. The smallest absolute Gasteiger partial charge is 0.399 e. The lowest BCUT2D eigenvalue weighted by Gasteiger charge is -2.32. The van der Waals surface area contributed by atoms with Crippen molar-refractivity contribution in [2.45, 2.75) is 58.3 Å². The van der Waals surface area contributed by atoms with Crippen LogP contribution in [0.25, 0.3) is 0 Å². The Balaban J connectivity index is 2.47. The molecule has 2 heterocycles. The zero-order valence-corrected chi connectivity index (χ0v) is 12.8. The lowest BCUT2D eigenvalue weighted by molar-refractivity contribution is 0.00578. The Kier molecular flexibility index (Phi) is 3.48.